The van der Waals surface area contributed by atoms with Gasteiger partial charge in [-0.25, -0.2) is 9.59 Å². The van der Waals surface area contributed by atoms with Gasteiger partial charge >= 0.3 is 12.2 Å². The molecule has 0 radical (unpaired) electrons. The van der Waals surface area contributed by atoms with Crippen LogP contribution in [0.25, 0.3) is 0 Å². The van der Waals surface area contributed by atoms with Gasteiger partial charge in [0, 0.05) is 45.3 Å². The maximum absolute atomic E-state index is 12.3. The number of rotatable bonds is 1. The van der Waals surface area contributed by atoms with E-state index in [9.17, 15) is 9.59 Å². The number of likely N-dealkylation sites (tertiary alicyclic amines) is 1. The number of ether oxygens (including phenoxy) is 2. The topological polar surface area (TPSA) is 62.3 Å². The number of nitrogens with zero attached hydrogens (tertiary/aromatic N) is 3. The number of hydrogen-bond acceptors (Lipinski definition) is 5. The molecule has 0 aromatic rings. The van der Waals surface area contributed by atoms with Crippen molar-refractivity contribution < 1.29 is 19.1 Å². The van der Waals surface area contributed by atoms with Gasteiger partial charge in [0.05, 0.1) is 0 Å². The third kappa shape index (κ3) is 7.20. The van der Waals surface area contributed by atoms with Gasteiger partial charge in [-0.15, -0.1) is 0 Å². The third-order valence-corrected chi connectivity index (χ3v) is 4.83. The van der Waals surface area contributed by atoms with E-state index in [0.29, 0.717) is 19.1 Å². The van der Waals surface area contributed by atoms with E-state index in [1.165, 1.54) is 0 Å². The van der Waals surface area contributed by atoms with E-state index in [1.54, 1.807) is 4.90 Å². The van der Waals surface area contributed by atoms with E-state index in [2.05, 4.69) is 4.90 Å². The van der Waals surface area contributed by atoms with Crippen LogP contribution in [0, 0.1) is 0 Å². The van der Waals surface area contributed by atoms with E-state index < -0.39 is 11.2 Å². The quantitative estimate of drug-likeness (QED) is 0.695. The first-order valence-electron chi connectivity index (χ1n) is 10.1. The minimum Gasteiger partial charge on any atom is -0.444 e. The molecule has 2 rings (SSSR count). The average Bonchev–Trinajstić information content (AvgIpc) is 2.78. The number of hydrogen-bond donors (Lipinski definition) is 0. The molecule has 0 aromatic carbocycles. The molecule has 2 heterocycles. The minimum atomic E-state index is -0.458. The van der Waals surface area contributed by atoms with E-state index in [-0.39, 0.29) is 12.2 Å². The Morgan fingerprint density at radius 1 is 0.704 bits per heavy atom. The summed E-state index contributed by atoms with van der Waals surface area (Å²) in [4.78, 5) is 30.6. The van der Waals surface area contributed by atoms with E-state index in [0.717, 1.165) is 45.4 Å². The lowest BCUT2D eigenvalue weighted by molar-refractivity contribution is 0.00881. The van der Waals surface area contributed by atoms with Gasteiger partial charge in [0.25, 0.3) is 0 Å². The molecule has 7 nitrogen and oxygen atoms in total. The second-order valence-electron chi connectivity index (χ2n) is 9.56. The number of piperazine rings is 1. The van der Waals surface area contributed by atoms with E-state index >= 15 is 0 Å². The molecular formula is C20H37N3O4. The van der Waals surface area contributed by atoms with E-state index in [4.69, 9.17) is 9.47 Å². The molecule has 156 valence electrons. The van der Waals surface area contributed by atoms with Crippen molar-refractivity contribution in [2.75, 3.05) is 39.3 Å². The summed E-state index contributed by atoms with van der Waals surface area (Å²) >= 11 is 0. The summed E-state index contributed by atoms with van der Waals surface area (Å²) in [5.41, 5.74) is -0.915. The monoisotopic (exact) mass is 383 g/mol. The molecule has 1 unspecified atom stereocenters. The van der Waals surface area contributed by atoms with Crippen molar-refractivity contribution in [3.8, 4) is 0 Å². The highest BCUT2D eigenvalue weighted by Crippen LogP contribution is 2.21. The predicted octanol–water partition coefficient (Wildman–Crippen LogP) is 3.33. The van der Waals surface area contributed by atoms with Crippen LogP contribution in [-0.2, 0) is 9.47 Å². The smallest absolute Gasteiger partial charge is 0.410 e. The summed E-state index contributed by atoms with van der Waals surface area (Å²) in [6, 6.07) is 0.457. The first kappa shape index (κ1) is 21.8. The zero-order valence-corrected chi connectivity index (χ0v) is 17.9. The van der Waals surface area contributed by atoms with Gasteiger partial charge in [-0.1, -0.05) is 0 Å². The number of carbonyl (C=O) groups excluding carboxylic acids is 2. The van der Waals surface area contributed by atoms with Gasteiger partial charge in [-0.05, 0) is 60.8 Å². The van der Waals surface area contributed by atoms with Gasteiger partial charge in [0.1, 0.15) is 11.2 Å². The SMILES string of the molecule is CC(C)(C)OC(=O)N1CCCC(N2CCN(C(=O)OC(C)(C)C)CC2)CC1. The number of carbonyl (C=O) groups is 2. The van der Waals surface area contributed by atoms with Crippen molar-refractivity contribution in [3.05, 3.63) is 0 Å². The van der Waals surface area contributed by atoms with Crippen molar-refractivity contribution in [2.45, 2.75) is 78.0 Å². The molecule has 2 aliphatic rings. The Labute approximate surface area is 163 Å². The molecule has 27 heavy (non-hydrogen) atoms. The molecule has 0 spiro atoms. The Bertz CT molecular complexity index is 516. The van der Waals surface area contributed by atoms with Gasteiger partial charge in [-0.2, -0.15) is 0 Å². The maximum atomic E-state index is 12.3. The van der Waals surface area contributed by atoms with E-state index in [1.807, 2.05) is 46.4 Å². The summed E-state index contributed by atoms with van der Waals surface area (Å²) < 4.78 is 11.0. The second-order valence-corrected chi connectivity index (χ2v) is 9.56. The van der Waals surface area contributed by atoms with Crippen LogP contribution in [0.5, 0.6) is 0 Å². The second kappa shape index (κ2) is 8.67. The average molecular weight is 384 g/mol. The van der Waals surface area contributed by atoms with Crippen molar-refractivity contribution >= 4 is 12.2 Å². The molecular weight excluding hydrogens is 346 g/mol. The van der Waals surface area contributed by atoms with Crippen LogP contribution in [-0.4, -0.2) is 83.4 Å². The van der Waals surface area contributed by atoms with Crippen molar-refractivity contribution in [1.82, 2.24) is 14.7 Å². The third-order valence-electron chi connectivity index (χ3n) is 4.83. The predicted molar refractivity (Wildman–Crippen MR) is 105 cm³/mol. The Morgan fingerprint density at radius 2 is 1.19 bits per heavy atom. The van der Waals surface area contributed by atoms with Gasteiger partial charge in [0.15, 0.2) is 0 Å². The summed E-state index contributed by atoms with van der Waals surface area (Å²) in [7, 11) is 0. The molecule has 0 N–H and O–H groups in total. The minimum absolute atomic E-state index is 0.210. The van der Waals surface area contributed by atoms with Gasteiger partial charge in [-0.3, -0.25) is 4.90 Å². The van der Waals surface area contributed by atoms with Crippen LogP contribution in [0.1, 0.15) is 60.8 Å². The van der Waals surface area contributed by atoms with Crippen LogP contribution >= 0.6 is 0 Å². The molecule has 0 bridgehead atoms. The van der Waals surface area contributed by atoms with Crippen LogP contribution in [0.15, 0.2) is 0 Å². The number of amides is 2. The summed E-state index contributed by atoms with van der Waals surface area (Å²) in [6.07, 6.45) is 2.57. The maximum Gasteiger partial charge on any atom is 0.410 e. The van der Waals surface area contributed by atoms with Crippen molar-refractivity contribution in [2.24, 2.45) is 0 Å². The molecule has 0 saturated carbocycles. The van der Waals surface area contributed by atoms with Crippen LogP contribution in [0.2, 0.25) is 0 Å². The zero-order valence-electron chi connectivity index (χ0n) is 17.9. The Hall–Kier alpha value is -1.50. The fourth-order valence-corrected chi connectivity index (χ4v) is 3.55. The molecule has 7 heteroatoms. The fourth-order valence-electron chi connectivity index (χ4n) is 3.55. The molecule has 1 atom stereocenters. The van der Waals surface area contributed by atoms with Crippen molar-refractivity contribution in [1.29, 1.82) is 0 Å². The first-order chi connectivity index (χ1) is 12.4. The largest absolute Gasteiger partial charge is 0.444 e. The molecule has 0 aliphatic carbocycles. The molecule has 2 saturated heterocycles. The lowest BCUT2D eigenvalue weighted by Gasteiger charge is -2.39. The molecule has 2 fully saturated rings. The molecule has 2 aliphatic heterocycles. The lowest BCUT2D eigenvalue weighted by atomic mass is 10.1. The molecule has 0 aromatic heterocycles. The molecule has 2 amide bonds. The summed E-state index contributed by atoms with van der Waals surface area (Å²) in [5, 5.41) is 0. The van der Waals surface area contributed by atoms with Crippen molar-refractivity contribution in [3.63, 3.8) is 0 Å². The van der Waals surface area contributed by atoms with Crippen LogP contribution in [0.3, 0.4) is 0 Å². The zero-order chi connectivity index (χ0) is 20.2. The van der Waals surface area contributed by atoms with Crippen LogP contribution in [0.4, 0.5) is 9.59 Å². The Balaban J connectivity index is 1.80. The highest BCUT2D eigenvalue weighted by Gasteiger charge is 2.31. The first-order valence-corrected chi connectivity index (χ1v) is 10.1. The fraction of sp³-hybridized carbons (Fsp3) is 0.900. The van der Waals surface area contributed by atoms with Gasteiger partial charge in [0.2, 0.25) is 0 Å². The van der Waals surface area contributed by atoms with Crippen LogP contribution < -0.4 is 0 Å². The van der Waals surface area contributed by atoms with Gasteiger partial charge < -0.3 is 19.3 Å². The highest BCUT2D eigenvalue weighted by atomic mass is 16.6. The highest BCUT2D eigenvalue weighted by molar-refractivity contribution is 5.68. The normalized spacial score (nSPS) is 23.0. The summed E-state index contributed by atoms with van der Waals surface area (Å²) in [5.74, 6) is 0. The Morgan fingerprint density at radius 3 is 1.67 bits per heavy atom. The Kier molecular flexibility index (Phi) is 7.00. The summed E-state index contributed by atoms with van der Waals surface area (Å²) in [6.45, 7) is 16.0. The standard InChI is InChI=1S/C20H37N3O4/c1-19(2,3)26-17(24)22-10-7-8-16(9-11-22)21-12-14-23(15-13-21)18(25)27-20(4,5)6/h16H,7-15H2,1-6H3. The lowest BCUT2D eigenvalue weighted by Crippen LogP contribution is -2.53.